The molecule has 2 amide bonds. The Morgan fingerprint density at radius 3 is 2.80 bits per heavy atom. The number of aliphatic hydroxyl groups excluding tert-OH is 1. The van der Waals surface area contributed by atoms with Crippen LogP contribution in [0.25, 0.3) is 0 Å². The minimum Gasteiger partial charge on any atom is -0.476 e. The predicted octanol–water partition coefficient (Wildman–Crippen LogP) is 0.252. The number of hydrogen-bond donors (Lipinski definition) is 3. The van der Waals surface area contributed by atoms with Gasteiger partial charge in [0.1, 0.15) is 0 Å². The summed E-state index contributed by atoms with van der Waals surface area (Å²) in [7, 11) is 1.50. The first-order chi connectivity index (χ1) is 9.60. The van der Waals surface area contributed by atoms with Crippen LogP contribution in [0, 0.1) is 0 Å². The summed E-state index contributed by atoms with van der Waals surface area (Å²) in [5.74, 6) is -1.23. The van der Waals surface area contributed by atoms with Gasteiger partial charge in [-0.25, -0.2) is 14.6 Å². The summed E-state index contributed by atoms with van der Waals surface area (Å²) >= 11 is 0. The molecule has 0 bridgehead atoms. The molecule has 1 aromatic heterocycles. The van der Waals surface area contributed by atoms with Gasteiger partial charge in [0.2, 0.25) is 0 Å². The van der Waals surface area contributed by atoms with E-state index in [1.807, 2.05) is 0 Å². The third-order valence-electron chi connectivity index (χ3n) is 2.47. The zero-order valence-corrected chi connectivity index (χ0v) is 11.1. The van der Waals surface area contributed by atoms with Crippen molar-refractivity contribution in [2.24, 2.45) is 0 Å². The minimum atomic E-state index is -1.23. The summed E-state index contributed by atoms with van der Waals surface area (Å²) in [4.78, 5) is 28.0. The fourth-order valence-corrected chi connectivity index (χ4v) is 1.51. The van der Waals surface area contributed by atoms with Gasteiger partial charge in [0.05, 0.1) is 18.9 Å². The maximum Gasteiger partial charge on any atom is 0.356 e. The summed E-state index contributed by atoms with van der Waals surface area (Å²) < 4.78 is 4.87. The van der Waals surface area contributed by atoms with E-state index in [4.69, 9.17) is 14.9 Å². The van der Waals surface area contributed by atoms with Gasteiger partial charge >= 0.3 is 12.0 Å². The third kappa shape index (κ3) is 4.48. The molecule has 0 aromatic carbocycles. The van der Waals surface area contributed by atoms with Crippen LogP contribution in [-0.4, -0.2) is 65.5 Å². The largest absolute Gasteiger partial charge is 0.476 e. The van der Waals surface area contributed by atoms with Crippen LogP contribution in [0.5, 0.6) is 0 Å². The van der Waals surface area contributed by atoms with Crippen LogP contribution in [0.1, 0.15) is 10.5 Å². The van der Waals surface area contributed by atoms with Crippen molar-refractivity contribution in [3.8, 4) is 0 Å². The van der Waals surface area contributed by atoms with Crippen LogP contribution in [0.2, 0.25) is 0 Å². The molecule has 3 N–H and O–H groups in total. The number of methoxy groups -OCH3 is 1. The predicted molar refractivity (Wildman–Crippen MR) is 70.7 cm³/mol. The van der Waals surface area contributed by atoms with Crippen LogP contribution >= 0.6 is 0 Å². The molecule has 0 atom stereocenters. The maximum absolute atomic E-state index is 12.0. The number of nitrogens with zero attached hydrogens (tertiary/aromatic N) is 2. The smallest absolute Gasteiger partial charge is 0.356 e. The fraction of sp³-hybridized carbons (Fsp3) is 0.417. The molecule has 0 fully saturated rings. The van der Waals surface area contributed by atoms with Crippen molar-refractivity contribution in [1.82, 2.24) is 9.88 Å². The lowest BCUT2D eigenvalue weighted by Crippen LogP contribution is -2.39. The number of rotatable bonds is 7. The maximum atomic E-state index is 12.0. The van der Waals surface area contributed by atoms with Crippen LogP contribution in [0.4, 0.5) is 10.5 Å². The van der Waals surface area contributed by atoms with Gasteiger partial charge in [0, 0.05) is 26.4 Å². The third-order valence-corrected chi connectivity index (χ3v) is 2.47. The number of carboxylic acids is 1. The van der Waals surface area contributed by atoms with Crippen LogP contribution < -0.4 is 5.32 Å². The Labute approximate surface area is 116 Å². The van der Waals surface area contributed by atoms with E-state index >= 15 is 0 Å². The normalized spacial score (nSPS) is 10.1. The Morgan fingerprint density at radius 1 is 1.45 bits per heavy atom. The van der Waals surface area contributed by atoms with Crippen molar-refractivity contribution in [3.63, 3.8) is 0 Å². The number of amides is 2. The Morgan fingerprint density at radius 2 is 2.20 bits per heavy atom. The monoisotopic (exact) mass is 283 g/mol. The van der Waals surface area contributed by atoms with E-state index in [0.29, 0.717) is 6.61 Å². The number of nitrogens with one attached hydrogen (secondary N) is 1. The molecule has 1 heterocycles. The molecule has 8 nitrogen and oxygen atoms in total. The molecule has 0 saturated carbocycles. The standard InChI is InChI=1S/C12H17N3O5/c1-20-8-6-15(5-7-16)12(19)14-9-3-2-4-13-10(9)11(17)18/h2-4,16H,5-8H2,1H3,(H,14,19)(H,17,18). The first-order valence-electron chi connectivity index (χ1n) is 5.94. The zero-order chi connectivity index (χ0) is 15.0. The molecular weight excluding hydrogens is 266 g/mol. The number of carboxylic acid groups (broad SMARTS) is 1. The van der Waals surface area contributed by atoms with E-state index in [1.165, 1.54) is 30.3 Å². The highest BCUT2D eigenvalue weighted by molar-refractivity contribution is 5.98. The second kappa shape index (κ2) is 8.08. The molecular formula is C12H17N3O5. The molecule has 0 aliphatic carbocycles. The Kier molecular flexibility index (Phi) is 6.41. The van der Waals surface area contributed by atoms with Gasteiger partial charge in [-0.1, -0.05) is 0 Å². The minimum absolute atomic E-state index is 0.102. The van der Waals surface area contributed by atoms with Gasteiger partial charge in [-0.2, -0.15) is 0 Å². The average molecular weight is 283 g/mol. The number of aliphatic hydroxyl groups is 1. The van der Waals surface area contributed by atoms with Crippen LogP contribution in [-0.2, 0) is 4.74 Å². The van der Waals surface area contributed by atoms with E-state index in [9.17, 15) is 9.59 Å². The lowest BCUT2D eigenvalue weighted by Gasteiger charge is -2.22. The SMILES string of the molecule is COCCN(CCO)C(=O)Nc1cccnc1C(=O)O. The van der Waals surface area contributed by atoms with E-state index in [-0.39, 0.29) is 31.1 Å². The number of carbonyl (C=O) groups excluding carboxylic acids is 1. The van der Waals surface area contributed by atoms with E-state index in [0.717, 1.165) is 0 Å². The Balaban J connectivity index is 2.79. The number of aromatic carboxylic acids is 1. The van der Waals surface area contributed by atoms with Gasteiger partial charge in [0.25, 0.3) is 0 Å². The van der Waals surface area contributed by atoms with Gasteiger partial charge < -0.3 is 25.2 Å². The zero-order valence-electron chi connectivity index (χ0n) is 11.1. The fourth-order valence-electron chi connectivity index (χ4n) is 1.51. The average Bonchev–Trinajstić information content (AvgIpc) is 2.43. The summed E-state index contributed by atoms with van der Waals surface area (Å²) in [6.07, 6.45) is 1.33. The van der Waals surface area contributed by atoms with Crippen molar-refractivity contribution in [2.45, 2.75) is 0 Å². The highest BCUT2D eigenvalue weighted by atomic mass is 16.5. The summed E-state index contributed by atoms with van der Waals surface area (Å²) in [5, 5.41) is 20.4. The number of hydrogen-bond acceptors (Lipinski definition) is 5. The lowest BCUT2D eigenvalue weighted by molar-refractivity contribution is 0.0691. The van der Waals surface area contributed by atoms with Gasteiger partial charge in [0.15, 0.2) is 5.69 Å². The number of urea groups is 1. The number of pyridine rings is 1. The van der Waals surface area contributed by atoms with Crippen LogP contribution in [0.15, 0.2) is 18.3 Å². The molecule has 0 aliphatic rings. The molecule has 8 heteroatoms. The van der Waals surface area contributed by atoms with E-state index < -0.39 is 12.0 Å². The first kappa shape index (κ1) is 15.9. The number of ether oxygens (including phenoxy) is 1. The van der Waals surface area contributed by atoms with Crippen molar-refractivity contribution >= 4 is 17.7 Å². The summed E-state index contributed by atoms with van der Waals surface area (Å²) in [6.45, 7) is 0.519. The van der Waals surface area contributed by atoms with E-state index in [2.05, 4.69) is 10.3 Å². The molecule has 0 spiro atoms. The van der Waals surface area contributed by atoms with E-state index in [1.54, 1.807) is 0 Å². The molecule has 0 saturated heterocycles. The topological polar surface area (TPSA) is 112 Å². The van der Waals surface area contributed by atoms with Crippen LogP contribution in [0.3, 0.4) is 0 Å². The highest BCUT2D eigenvalue weighted by Crippen LogP contribution is 2.12. The molecule has 110 valence electrons. The second-order valence-electron chi connectivity index (χ2n) is 3.84. The van der Waals surface area contributed by atoms with Crippen molar-refractivity contribution in [2.75, 3.05) is 38.7 Å². The second-order valence-corrected chi connectivity index (χ2v) is 3.84. The molecule has 1 aromatic rings. The Bertz CT molecular complexity index is 466. The van der Waals surface area contributed by atoms with Crippen molar-refractivity contribution in [3.05, 3.63) is 24.0 Å². The molecule has 1 rings (SSSR count). The highest BCUT2D eigenvalue weighted by Gasteiger charge is 2.17. The van der Waals surface area contributed by atoms with Gasteiger partial charge in [-0.15, -0.1) is 0 Å². The summed E-state index contributed by atoms with van der Waals surface area (Å²) in [5.41, 5.74) is -0.137. The molecule has 20 heavy (non-hydrogen) atoms. The van der Waals surface area contributed by atoms with Gasteiger partial charge in [-0.3, -0.25) is 0 Å². The summed E-state index contributed by atoms with van der Waals surface area (Å²) in [6, 6.07) is 2.45. The quantitative estimate of drug-likeness (QED) is 0.661. The number of carbonyl (C=O) groups is 2. The lowest BCUT2D eigenvalue weighted by atomic mass is 10.3. The molecule has 0 aliphatic heterocycles. The van der Waals surface area contributed by atoms with Crippen molar-refractivity contribution < 1.29 is 24.5 Å². The molecule has 0 unspecified atom stereocenters. The Hall–Kier alpha value is -2.19. The van der Waals surface area contributed by atoms with Gasteiger partial charge in [-0.05, 0) is 12.1 Å². The van der Waals surface area contributed by atoms with Crippen molar-refractivity contribution in [1.29, 1.82) is 0 Å². The number of anilines is 1. The molecule has 0 radical (unpaired) electrons. The number of aromatic nitrogens is 1. The first-order valence-corrected chi connectivity index (χ1v) is 5.94.